The van der Waals surface area contributed by atoms with Gasteiger partial charge in [0.2, 0.25) is 0 Å². The highest BCUT2D eigenvalue weighted by Gasteiger charge is 2.51. The Hall–Kier alpha value is -0.820. The monoisotopic (exact) mass is 256 g/mol. The fourth-order valence-corrected chi connectivity index (χ4v) is 2.14. The van der Waals surface area contributed by atoms with Gasteiger partial charge >= 0.3 is 12.1 Å². The standard InChI is InChI=1S/C10H15F3O4/c11-10(12,13)7-2-1-3-9(6-7,8(15)16)17-5-4-14/h7,14H,1-6H2,(H,15,16). The fraction of sp³-hybridized carbons (Fsp3) is 0.900. The molecule has 0 spiro atoms. The maximum absolute atomic E-state index is 12.6. The Bertz CT molecular complexity index is 279. The van der Waals surface area contributed by atoms with Gasteiger partial charge in [0.05, 0.1) is 19.1 Å². The van der Waals surface area contributed by atoms with E-state index in [9.17, 15) is 18.0 Å². The van der Waals surface area contributed by atoms with Gasteiger partial charge in [0.1, 0.15) is 0 Å². The zero-order chi connectivity index (χ0) is 13.1. The number of carboxylic acid groups (broad SMARTS) is 1. The molecule has 2 atom stereocenters. The molecule has 2 N–H and O–H groups in total. The van der Waals surface area contributed by atoms with Crippen molar-refractivity contribution in [2.24, 2.45) is 5.92 Å². The van der Waals surface area contributed by atoms with E-state index in [1.54, 1.807) is 0 Å². The number of alkyl halides is 3. The number of halogens is 3. The van der Waals surface area contributed by atoms with Crippen molar-refractivity contribution in [2.45, 2.75) is 37.5 Å². The molecule has 1 fully saturated rings. The number of hydrogen-bond acceptors (Lipinski definition) is 3. The first-order chi connectivity index (χ1) is 7.82. The molecule has 0 radical (unpaired) electrons. The second-order valence-electron chi connectivity index (χ2n) is 4.21. The summed E-state index contributed by atoms with van der Waals surface area (Å²) in [5.74, 6) is -3.04. The summed E-state index contributed by atoms with van der Waals surface area (Å²) >= 11 is 0. The predicted octanol–water partition coefficient (Wildman–Crippen LogP) is 1.57. The van der Waals surface area contributed by atoms with Crippen LogP contribution in [0.3, 0.4) is 0 Å². The predicted molar refractivity (Wildman–Crippen MR) is 51.4 cm³/mol. The molecule has 0 aromatic rings. The third-order valence-electron chi connectivity index (χ3n) is 3.03. The van der Waals surface area contributed by atoms with Crippen LogP contribution >= 0.6 is 0 Å². The van der Waals surface area contributed by atoms with Gasteiger partial charge in [-0.15, -0.1) is 0 Å². The lowest BCUT2D eigenvalue weighted by molar-refractivity contribution is -0.214. The van der Waals surface area contributed by atoms with E-state index in [4.69, 9.17) is 14.9 Å². The molecular formula is C10H15F3O4. The number of hydrogen-bond donors (Lipinski definition) is 2. The van der Waals surface area contributed by atoms with E-state index in [1.807, 2.05) is 0 Å². The van der Waals surface area contributed by atoms with Crippen molar-refractivity contribution in [3.05, 3.63) is 0 Å². The molecule has 0 aromatic heterocycles. The highest BCUT2D eigenvalue weighted by molar-refractivity contribution is 5.77. The fourth-order valence-electron chi connectivity index (χ4n) is 2.14. The van der Waals surface area contributed by atoms with Crippen molar-refractivity contribution >= 4 is 5.97 Å². The molecule has 7 heteroatoms. The molecule has 4 nitrogen and oxygen atoms in total. The smallest absolute Gasteiger partial charge is 0.391 e. The van der Waals surface area contributed by atoms with Crippen LogP contribution in [0, 0.1) is 5.92 Å². The number of aliphatic hydroxyl groups is 1. The molecule has 0 bridgehead atoms. The average molecular weight is 256 g/mol. The minimum atomic E-state index is -4.40. The minimum Gasteiger partial charge on any atom is -0.479 e. The summed E-state index contributed by atoms with van der Waals surface area (Å²) in [6.07, 6.45) is -4.84. The Morgan fingerprint density at radius 2 is 2.12 bits per heavy atom. The summed E-state index contributed by atoms with van der Waals surface area (Å²) in [4.78, 5) is 11.1. The van der Waals surface area contributed by atoms with Crippen LogP contribution in [-0.4, -0.2) is 41.2 Å². The van der Waals surface area contributed by atoms with Crippen LogP contribution in [0.15, 0.2) is 0 Å². The van der Waals surface area contributed by atoms with Gasteiger partial charge in [0.15, 0.2) is 5.60 Å². The van der Waals surface area contributed by atoms with Crippen LogP contribution in [0.4, 0.5) is 13.2 Å². The summed E-state index contributed by atoms with van der Waals surface area (Å²) < 4.78 is 42.7. The van der Waals surface area contributed by atoms with Crippen LogP contribution < -0.4 is 0 Å². The molecule has 0 aromatic carbocycles. The molecule has 100 valence electrons. The normalized spacial score (nSPS) is 30.2. The van der Waals surface area contributed by atoms with Crippen LogP contribution in [0.5, 0.6) is 0 Å². The van der Waals surface area contributed by atoms with E-state index in [0.717, 1.165) is 0 Å². The lowest BCUT2D eigenvalue weighted by Crippen LogP contribution is -2.48. The minimum absolute atomic E-state index is 0.0505. The number of aliphatic hydroxyl groups excluding tert-OH is 1. The number of ether oxygens (including phenoxy) is 1. The molecule has 1 saturated carbocycles. The Morgan fingerprint density at radius 1 is 1.47 bits per heavy atom. The van der Waals surface area contributed by atoms with Gasteiger partial charge < -0.3 is 14.9 Å². The molecule has 1 aliphatic carbocycles. The maximum Gasteiger partial charge on any atom is 0.391 e. The van der Waals surface area contributed by atoms with E-state index < -0.39 is 36.7 Å². The average Bonchev–Trinajstić information content (AvgIpc) is 2.25. The topological polar surface area (TPSA) is 66.8 Å². The van der Waals surface area contributed by atoms with Crippen molar-refractivity contribution < 1.29 is 32.9 Å². The molecule has 17 heavy (non-hydrogen) atoms. The third-order valence-corrected chi connectivity index (χ3v) is 3.03. The molecule has 1 aliphatic rings. The zero-order valence-electron chi connectivity index (χ0n) is 9.16. The number of aliphatic carboxylic acids is 1. The van der Waals surface area contributed by atoms with Crippen molar-refractivity contribution in [2.75, 3.05) is 13.2 Å². The summed E-state index contributed by atoms with van der Waals surface area (Å²) in [7, 11) is 0. The Morgan fingerprint density at radius 3 is 2.59 bits per heavy atom. The van der Waals surface area contributed by atoms with Crippen molar-refractivity contribution in [3.8, 4) is 0 Å². The van der Waals surface area contributed by atoms with Crippen LogP contribution in [0.1, 0.15) is 25.7 Å². The molecule has 2 unspecified atom stereocenters. The number of carboxylic acids is 1. The lowest BCUT2D eigenvalue weighted by atomic mass is 9.77. The Kier molecular flexibility index (Phi) is 4.37. The lowest BCUT2D eigenvalue weighted by Gasteiger charge is -2.37. The first-order valence-corrected chi connectivity index (χ1v) is 5.37. The SMILES string of the molecule is O=C(O)C1(OCCO)CCCC(C(F)(F)F)C1. The van der Waals surface area contributed by atoms with Gasteiger partial charge in [0.25, 0.3) is 0 Å². The second kappa shape index (κ2) is 5.22. The summed E-state index contributed by atoms with van der Waals surface area (Å²) in [6.45, 7) is -0.678. The highest BCUT2D eigenvalue weighted by Crippen LogP contribution is 2.43. The van der Waals surface area contributed by atoms with E-state index in [-0.39, 0.29) is 25.9 Å². The second-order valence-corrected chi connectivity index (χ2v) is 4.21. The van der Waals surface area contributed by atoms with E-state index in [1.165, 1.54) is 0 Å². The first kappa shape index (κ1) is 14.2. The Balaban J connectivity index is 2.80. The van der Waals surface area contributed by atoms with Gasteiger partial charge in [-0.05, 0) is 25.7 Å². The van der Waals surface area contributed by atoms with Gasteiger partial charge in [-0.2, -0.15) is 13.2 Å². The van der Waals surface area contributed by atoms with Crippen molar-refractivity contribution in [1.82, 2.24) is 0 Å². The molecule has 0 heterocycles. The summed E-state index contributed by atoms with van der Waals surface area (Å²) in [5, 5.41) is 17.6. The summed E-state index contributed by atoms with van der Waals surface area (Å²) in [6, 6.07) is 0. The van der Waals surface area contributed by atoms with Crippen molar-refractivity contribution in [3.63, 3.8) is 0 Å². The van der Waals surface area contributed by atoms with Gasteiger partial charge in [0, 0.05) is 0 Å². The number of rotatable bonds is 4. The van der Waals surface area contributed by atoms with Crippen LogP contribution in [0.2, 0.25) is 0 Å². The quantitative estimate of drug-likeness (QED) is 0.801. The molecule has 0 saturated heterocycles. The van der Waals surface area contributed by atoms with Crippen LogP contribution in [0.25, 0.3) is 0 Å². The van der Waals surface area contributed by atoms with Gasteiger partial charge in [-0.25, -0.2) is 4.79 Å². The van der Waals surface area contributed by atoms with Crippen molar-refractivity contribution in [1.29, 1.82) is 0 Å². The molecule has 0 amide bonds. The molecule has 1 rings (SSSR count). The molecule has 0 aliphatic heterocycles. The van der Waals surface area contributed by atoms with E-state index >= 15 is 0 Å². The molecular weight excluding hydrogens is 241 g/mol. The number of carbonyl (C=O) groups is 1. The largest absolute Gasteiger partial charge is 0.479 e. The van der Waals surface area contributed by atoms with E-state index in [2.05, 4.69) is 0 Å². The van der Waals surface area contributed by atoms with Gasteiger partial charge in [-0.1, -0.05) is 0 Å². The Labute approximate surface area is 96.4 Å². The highest BCUT2D eigenvalue weighted by atomic mass is 19.4. The third kappa shape index (κ3) is 3.32. The maximum atomic E-state index is 12.6. The van der Waals surface area contributed by atoms with Crippen LogP contribution in [-0.2, 0) is 9.53 Å². The van der Waals surface area contributed by atoms with E-state index in [0.29, 0.717) is 0 Å². The first-order valence-electron chi connectivity index (χ1n) is 5.37. The summed E-state index contributed by atoms with van der Waals surface area (Å²) in [5.41, 5.74) is -1.80. The zero-order valence-corrected chi connectivity index (χ0v) is 9.16. The van der Waals surface area contributed by atoms with Gasteiger partial charge in [-0.3, -0.25) is 0 Å².